The lowest BCUT2D eigenvalue weighted by atomic mass is 9.79. The highest BCUT2D eigenvalue weighted by molar-refractivity contribution is 7.09. The number of nitrogens with two attached hydrogens (primary N) is 1. The molecule has 6 nitrogen and oxygen atoms in total. The third-order valence-corrected chi connectivity index (χ3v) is 5.10. The average molecular weight is 332 g/mol. The molecule has 7 heteroatoms. The molecule has 0 unspecified atom stereocenters. The van der Waals surface area contributed by atoms with Gasteiger partial charge < -0.3 is 15.8 Å². The maximum atomic E-state index is 12.5. The molecule has 3 heterocycles. The largest absolute Gasteiger partial charge is 0.381 e. The second-order valence-corrected chi connectivity index (χ2v) is 6.58. The molecule has 0 aromatic carbocycles. The molecule has 0 spiro atoms. The van der Waals surface area contributed by atoms with Crippen molar-refractivity contribution in [3.63, 3.8) is 0 Å². The topological polar surface area (TPSA) is 90.1 Å². The predicted molar refractivity (Wildman–Crippen MR) is 88.7 cm³/mol. The Labute approximate surface area is 139 Å². The number of thiazole rings is 1. The van der Waals surface area contributed by atoms with E-state index in [0.717, 1.165) is 16.3 Å². The van der Waals surface area contributed by atoms with Crippen molar-refractivity contribution in [1.82, 2.24) is 15.3 Å². The van der Waals surface area contributed by atoms with Crippen LogP contribution in [0.3, 0.4) is 0 Å². The van der Waals surface area contributed by atoms with Gasteiger partial charge in [-0.2, -0.15) is 0 Å². The molecule has 1 fully saturated rings. The molecule has 3 rings (SSSR count). The van der Waals surface area contributed by atoms with Crippen LogP contribution in [0.1, 0.15) is 17.8 Å². The molecule has 0 radical (unpaired) electrons. The van der Waals surface area contributed by atoms with Crippen LogP contribution >= 0.6 is 11.3 Å². The lowest BCUT2D eigenvalue weighted by Gasteiger charge is -2.34. The van der Waals surface area contributed by atoms with E-state index in [1.807, 2.05) is 17.5 Å². The number of amides is 1. The highest BCUT2D eigenvalue weighted by Gasteiger charge is 2.38. The number of rotatable bonds is 5. The van der Waals surface area contributed by atoms with Crippen molar-refractivity contribution < 1.29 is 9.53 Å². The zero-order valence-corrected chi connectivity index (χ0v) is 13.6. The summed E-state index contributed by atoms with van der Waals surface area (Å²) >= 11 is 1.54. The Morgan fingerprint density at radius 1 is 1.35 bits per heavy atom. The molecular formula is C16H20N4O2S. The first-order valence-corrected chi connectivity index (χ1v) is 8.52. The van der Waals surface area contributed by atoms with Crippen LogP contribution in [-0.4, -0.2) is 35.6 Å². The Hall–Kier alpha value is -1.83. The molecule has 1 saturated heterocycles. The molecule has 0 aliphatic carbocycles. The number of hydrogen-bond donors (Lipinski definition) is 2. The van der Waals surface area contributed by atoms with Gasteiger partial charge in [0.25, 0.3) is 0 Å². The van der Waals surface area contributed by atoms with Crippen LogP contribution in [0.2, 0.25) is 0 Å². The molecule has 2 aromatic rings. The van der Waals surface area contributed by atoms with E-state index in [0.29, 0.717) is 39.1 Å². The third-order valence-electron chi connectivity index (χ3n) is 4.25. The summed E-state index contributed by atoms with van der Waals surface area (Å²) in [7, 11) is 0. The molecule has 1 amide bonds. The van der Waals surface area contributed by atoms with E-state index < -0.39 is 5.41 Å². The summed E-state index contributed by atoms with van der Waals surface area (Å²) in [6.45, 7) is 1.96. The highest BCUT2D eigenvalue weighted by atomic mass is 32.1. The quantitative estimate of drug-likeness (QED) is 0.867. The van der Waals surface area contributed by atoms with Crippen LogP contribution < -0.4 is 11.1 Å². The molecule has 3 N–H and O–H groups in total. The summed E-state index contributed by atoms with van der Waals surface area (Å²) in [5.74, 6) is 0.00367. The lowest BCUT2D eigenvalue weighted by Crippen LogP contribution is -2.48. The first-order chi connectivity index (χ1) is 11.2. The maximum Gasteiger partial charge on any atom is 0.228 e. The fourth-order valence-corrected chi connectivity index (χ4v) is 3.42. The van der Waals surface area contributed by atoms with Gasteiger partial charge >= 0.3 is 0 Å². The first-order valence-electron chi connectivity index (χ1n) is 7.64. The third kappa shape index (κ3) is 3.57. The molecule has 1 aliphatic rings. The molecule has 122 valence electrons. The van der Waals surface area contributed by atoms with Crippen LogP contribution in [-0.2, 0) is 16.1 Å². The van der Waals surface area contributed by atoms with Gasteiger partial charge in [0, 0.05) is 43.1 Å². The number of pyridine rings is 1. The van der Waals surface area contributed by atoms with Crippen LogP contribution in [0.15, 0.2) is 29.9 Å². The van der Waals surface area contributed by atoms with Gasteiger partial charge in [-0.25, -0.2) is 4.98 Å². The monoisotopic (exact) mass is 332 g/mol. The van der Waals surface area contributed by atoms with Gasteiger partial charge in [-0.15, -0.1) is 11.3 Å². The Bertz CT molecular complexity index is 653. The molecular weight excluding hydrogens is 312 g/mol. The Balaban J connectivity index is 1.62. The number of aromatic nitrogens is 2. The smallest absolute Gasteiger partial charge is 0.228 e. The van der Waals surface area contributed by atoms with Crippen molar-refractivity contribution in [3.8, 4) is 11.3 Å². The van der Waals surface area contributed by atoms with E-state index in [-0.39, 0.29) is 5.91 Å². The standard InChI is InChI=1S/C16H20N4O2S/c17-11-16(3-7-22-8-4-16)15(21)19-9-14-20-13(10-23-14)12-1-5-18-6-2-12/h1-2,5-6,10H,3-4,7-9,11,17H2,(H,19,21). The van der Waals surface area contributed by atoms with Gasteiger partial charge in [0.2, 0.25) is 5.91 Å². The van der Waals surface area contributed by atoms with Gasteiger partial charge in [-0.3, -0.25) is 9.78 Å². The van der Waals surface area contributed by atoms with Gasteiger partial charge in [0.05, 0.1) is 17.7 Å². The average Bonchev–Trinajstić information content (AvgIpc) is 3.10. The van der Waals surface area contributed by atoms with Crippen molar-refractivity contribution in [3.05, 3.63) is 34.9 Å². The van der Waals surface area contributed by atoms with Crippen LogP contribution in [0, 0.1) is 5.41 Å². The van der Waals surface area contributed by atoms with E-state index in [1.165, 1.54) is 11.3 Å². The molecule has 23 heavy (non-hydrogen) atoms. The summed E-state index contributed by atoms with van der Waals surface area (Å²) in [6, 6.07) is 3.84. The molecule has 0 bridgehead atoms. The minimum atomic E-state index is -0.497. The number of hydrogen-bond acceptors (Lipinski definition) is 6. The van der Waals surface area contributed by atoms with E-state index in [1.54, 1.807) is 12.4 Å². The molecule has 0 atom stereocenters. The van der Waals surface area contributed by atoms with E-state index >= 15 is 0 Å². The number of ether oxygens (including phenoxy) is 1. The zero-order valence-electron chi connectivity index (χ0n) is 12.8. The second kappa shape index (κ2) is 7.16. The summed E-state index contributed by atoms with van der Waals surface area (Å²) < 4.78 is 5.34. The van der Waals surface area contributed by atoms with Crippen LogP contribution in [0.5, 0.6) is 0 Å². The normalized spacial score (nSPS) is 16.9. The van der Waals surface area contributed by atoms with E-state index in [9.17, 15) is 4.79 Å². The first kappa shape index (κ1) is 16.0. The predicted octanol–water partition coefficient (Wildman–Crippen LogP) is 1.58. The molecule has 2 aromatic heterocycles. The molecule has 1 aliphatic heterocycles. The number of nitrogens with one attached hydrogen (secondary N) is 1. The van der Waals surface area contributed by atoms with Crippen molar-refractivity contribution in [2.45, 2.75) is 19.4 Å². The minimum Gasteiger partial charge on any atom is -0.381 e. The molecule has 0 saturated carbocycles. The van der Waals surface area contributed by atoms with E-state index in [2.05, 4.69) is 15.3 Å². The Morgan fingerprint density at radius 3 is 2.78 bits per heavy atom. The Kier molecular flexibility index (Phi) is 5.00. The van der Waals surface area contributed by atoms with Gasteiger partial charge in [0.15, 0.2) is 0 Å². The number of carbonyl (C=O) groups is 1. The van der Waals surface area contributed by atoms with Crippen molar-refractivity contribution in [2.24, 2.45) is 11.1 Å². The van der Waals surface area contributed by atoms with Gasteiger partial charge in [-0.1, -0.05) is 0 Å². The Morgan fingerprint density at radius 2 is 2.09 bits per heavy atom. The van der Waals surface area contributed by atoms with Gasteiger partial charge in [0.1, 0.15) is 5.01 Å². The van der Waals surface area contributed by atoms with Crippen molar-refractivity contribution in [1.29, 1.82) is 0 Å². The highest BCUT2D eigenvalue weighted by Crippen LogP contribution is 2.29. The van der Waals surface area contributed by atoms with E-state index in [4.69, 9.17) is 10.5 Å². The number of nitrogens with zero attached hydrogens (tertiary/aromatic N) is 2. The van der Waals surface area contributed by atoms with Gasteiger partial charge in [-0.05, 0) is 25.0 Å². The lowest BCUT2D eigenvalue weighted by molar-refractivity contribution is -0.136. The fourth-order valence-electron chi connectivity index (χ4n) is 2.68. The SMILES string of the molecule is NCC1(C(=O)NCc2nc(-c3ccncc3)cs2)CCOCC1. The summed E-state index contributed by atoms with van der Waals surface area (Å²) in [4.78, 5) is 21.1. The van der Waals surface area contributed by atoms with Crippen molar-refractivity contribution in [2.75, 3.05) is 19.8 Å². The summed E-state index contributed by atoms with van der Waals surface area (Å²) in [6.07, 6.45) is 4.84. The fraction of sp³-hybridized carbons (Fsp3) is 0.438. The van der Waals surface area contributed by atoms with Crippen LogP contribution in [0.25, 0.3) is 11.3 Å². The maximum absolute atomic E-state index is 12.5. The second-order valence-electron chi connectivity index (χ2n) is 5.64. The van der Waals surface area contributed by atoms with Crippen LogP contribution in [0.4, 0.5) is 0 Å². The summed E-state index contributed by atoms with van der Waals surface area (Å²) in [5, 5.41) is 5.86. The van der Waals surface area contributed by atoms with Crippen molar-refractivity contribution >= 4 is 17.2 Å². The summed E-state index contributed by atoms with van der Waals surface area (Å²) in [5.41, 5.74) is 7.28. The minimum absolute atomic E-state index is 0.00367. The zero-order chi connectivity index (χ0) is 16.1. The number of carbonyl (C=O) groups excluding carboxylic acids is 1.